The molecule has 0 radical (unpaired) electrons. The fourth-order valence-electron chi connectivity index (χ4n) is 1.10. The number of ether oxygens (including phenoxy) is 1. The Morgan fingerprint density at radius 1 is 1.38 bits per heavy atom. The molecule has 0 spiro atoms. The largest absolute Gasteiger partial charge is 0.397 e. The van der Waals surface area contributed by atoms with Crippen molar-refractivity contribution in [3.05, 3.63) is 18.3 Å². The number of aromatic nitrogens is 1. The molecule has 4 heteroatoms. The molecule has 0 aromatic carbocycles. The highest BCUT2D eigenvalue weighted by atomic mass is 32.2. The smallest absolute Gasteiger partial charge is 0.0962 e. The third-order valence-corrected chi connectivity index (χ3v) is 2.98. The Morgan fingerprint density at radius 2 is 2.19 bits per heavy atom. The van der Waals surface area contributed by atoms with Crippen molar-refractivity contribution in [2.75, 3.05) is 24.7 Å². The maximum atomic E-state index is 5.55. The monoisotopic (exact) mass is 240 g/mol. The maximum Gasteiger partial charge on any atom is 0.0962 e. The molecular weight excluding hydrogens is 220 g/mol. The van der Waals surface area contributed by atoms with Gasteiger partial charge in [0.1, 0.15) is 0 Å². The minimum absolute atomic E-state index is 0.706. The summed E-state index contributed by atoms with van der Waals surface area (Å²) in [7, 11) is 0. The molecule has 2 N–H and O–H groups in total. The summed E-state index contributed by atoms with van der Waals surface area (Å²) in [5.74, 6) is 1.65. The molecule has 1 rings (SSSR count). The molecule has 0 atom stereocenters. The molecule has 1 aromatic rings. The Morgan fingerprint density at radius 3 is 2.81 bits per heavy atom. The Kier molecular flexibility index (Phi) is 6.26. The molecule has 0 saturated carbocycles. The number of hydrogen-bond acceptors (Lipinski definition) is 4. The van der Waals surface area contributed by atoms with Gasteiger partial charge in [0.25, 0.3) is 0 Å². The summed E-state index contributed by atoms with van der Waals surface area (Å²) in [6.07, 6.45) is 2.81. The van der Waals surface area contributed by atoms with Crippen molar-refractivity contribution >= 4 is 17.4 Å². The van der Waals surface area contributed by atoms with Gasteiger partial charge in [0.05, 0.1) is 23.5 Å². The average molecular weight is 240 g/mol. The number of nitrogens with two attached hydrogens (primary N) is 1. The summed E-state index contributed by atoms with van der Waals surface area (Å²) in [6, 6.07) is 3.81. The van der Waals surface area contributed by atoms with Crippen molar-refractivity contribution < 1.29 is 4.74 Å². The highest BCUT2D eigenvalue weighted by Crippen LogP contribution is 2.15. The standard InChI is InChI=1S/C12H20N2OS/c1-10(2)5-6-15-7-8-16-12-4-3-11(13)9-14-12/h3-4,9-10H,5-8,13H2,1-2H3. The van der Waals surface area contributed by atoms with Crippen LogP contribution in [0.4, 0.5) is 5.69 Å². The molecule has 0 amide bonds. The van der Waals surface area contributed by atoms with E-state index in [4.69, 9.17) is 10.5 Å². The Bertz CT molecular complexity index is 288. The number of hydrogen-bond donors (Lipinski definition) is 1. The van der Waals surface area contributed by atoms with E-state index in [2.05, 4.69) is 18.8 Å². The third kappa shape index (κ3) is 5.98. The van der Waals surface area contributed by atoms with Crippen LogP contribution in [0, 0.1) is 5.92 Å². The quantitative estimate of drug-likeness (QED) is 0.588. The van der Waals surface area contributed by atoms with E-state index in [1.165, 1.54) is 0 Å². The lowest BCUT2D eigenvalue weighted by atomic mass is 10.1. The molecule has 1 aromatic heterocycles. The Labute approximate surface area is 102 Å². The second kappa shape index (κ2) is 7.52. The van der Waals surface area contributed by atoms with Gasteiger partial charge in [0, 0.05) is 12.4 Å². The van der Waals surface area contributed by atoms with Crippen molar-refractivity contribution in [1.82, 2.24) is 4.98 Å². The van der Waals surface area contributed by atoms with Crippen LogP contribution in [0.5, 0.6) is 0 Å². The number of nitrogen functional groups attached to an aromatic ring is 1. The van der Waals surface area contributed by atoms with E-state index in [0.717, 1.165) is 30.4 Å². The molecule has 90 valence electrons. The molecule has 16 heavy (non-hydrogen) atoms. The number of anilines is 1. The van der Waals surface area contributed by atoms with E-state index < -0.39 is 0 Å². The van der Waals surface area contributed by atoms with Crippen LogP contribution in [0.25, 0.3) is 0 Å². The van der Waals surface area contributed by atoms with Crippen molar-refractivity contribution in [1.29, 1.82) is 0 Å². The van der Waals surface area contributed by atoms with Gasteiger partial charge in [-0.2, -0.15) is 0 Å². The van der Waals surface area contributed by atoms with E-state index in [1.807, 2.05) is 12.1 Å². The third-order valence-electron chi connectivity index (χ3n) is 2.08. The van der Waals surface area contributed by atoms with E-state index in [-0.39, 0.29) is 0 Å². The predicted molar refractivity (Wildman–Crippen MR) is 69.6 cm³/mol. The molecule has 0 aliphatic carbocycles. The van der Waals surface area contributed by atoms with Gasteiger partial charge in [-0.25, -0.2) is 4.98 Å². The summed E-state index contributed by atoms with van der Waals surface area (Å²) >= 11 is 1.70. The topological polar surface area (TPSA) is 48.1 Å². The molecule has 3 nitrogen and oxygen atoms in total. The second-order valence-electron chi connectivity index (χ2n) is 4.07. The van der Waals surface area contributed by atoms with Gasteiger partial charge >= 0.3 is 0 Å². The van der Waals surface area contributed by atoms with Gasteiger partial charge in [-0.3, -0.25) is 0 Å². The van der Waals surface area contributed by atoms with Gasteiger partial charge in [-0.1, -0.05) is 13.8 Å². The first-order valence-corrected chi connectivity index (χ1v) is 6.59. The first kappa shape index (κ1) is 13.3. The molecule has 1 heterocycles. The zero-order valence-electron chi connectivity index (χ0n) is 9.98. The van der Waals surface area contributed by atoms with Gasteiger partial charge in [0.2, 0.25) is 0 Å². The summed E-state index contributed by atoms with van der Waals surface area (Å²) in [4.78, 5) is 4.21. The highest BCUT2D eigenvalue weighted by molar-refractivity contribution is 7.99. The van der Waals surface area contributed by atoms with Crippen LogP contribution < -0.4 is 5.73 Å². The van der Waals surface area contributed by atoms with Crippen LogP contribution in [0.3, 0.4) is 0 Å². The number of nitrogens with zero attached hydrogens (tertiary/aromatic N) is 1. The zero-order chi connectivity index (χ0) is 11.8. The minimum atomic E-state index is 0.706. The second-order valence-corrected chi connectivity index (χ2v) is 5.19. The number of pyridine rings is 1. The Hall–Kier alpha value is -0.740. The molecule has 0 unspecified atom stereocenters. The normalized spacial score (nSPS) is 10.9. The van der Waals surface area contributed by atoms with Gasteiger partial charge in [0.15, 0.2) is 0 Å². The number of thioether (sulfide) groups is 1. The summed E-state index contributed by atoms with van der Waals surface area (Å²) in [5, 5.41) is 1.00. The van der Waals surface area contributed by atoms with Gasteiger partial charge in [-0.15, -0.1) is 11.8 Å². The van der Waals surface area contributed by atoms with E-state index in [0.29, 0.717) is 11.6 Å². The SMILES string of the molecule is CC(C)CCOCCSc1ccc(N)cn1. The molecule has 0 bridgehead atoms. The lowest BCUT2D eigenvalue weighted by Gasteiger charge is -2.06. The fourth-order valence-corrected chi connectivity index (χ4v) is 1.81. The van der Waals surface area contributed by atoms with Gasteiger partial charge in [-0.05, 0) is 24.5 Å². The highest BCUT2D eigenvalue weighted by Gasteiger charge is 1.97. The van der Waals surface area contributed by atoms with Crippen molar-refractivity contribution in [2.24, 2.45) is 5.92 Å². The van der Waals surface area contributed by atoms with Crippen molar-refractivity contribution in [2.45, 2.75) is 25.3 Å². The lowest BCUT2D eigenvalue weighted by Crippen LogP contribution is -2.02. The van der Waals surface area contributed by atoms with Crippen LogP contribution in [-0.4, -0.2) is 24.0 Å². The first-order chi connectivity index (χ1) is 7.68. The zero-order valence-corrected chi connectivity index (χ0v) is 10.8. The average Bonchev–Trinajstić information content (AvgIpc) is 2.25. The van der Waals surface area contributed by atoms with E-state index in [1.54, 1.807) is 18.0 Å². The Balaban J connectivity index is 2.05. The van der Waals surface area contributed by atoms with Crippen molar-refractivity contribution in [3.8, 4) is 0 Å². The van der Waals surface area contributed by atoms with Gasteiger partial charge < -0.3 is 10.5 Å². The van der Waals surface area contributed by atoms with Crippen LogP contribution in [0.2, 0.25) is 0 Å². The molecule has 0 saturated heterocycles. The van der Waals surface area contributed by atoms with Crippen LogP contribution in [-0.2, 0) is 4.74 Å². The molecular formula is C12H20N2OS. The van der Waals surface area contributed by atoms with Crippen LogP contribution in [0.1, 0.15) is 20.3 Å². The van der Waals surface area contributed by atoms with Crippen molar-refractivity contribution in [3.63, 3.8) is 0 Å². The predicted octanol–water partition coefficient (Wildman–Crippen LogP) is 2.82. The minimum Gasteiger partial charge on any atom is -0.397 e. The molecule has 0 aliphatic heterocycles. The maximum absolute atomic E-state index is 5.55. The van der Waals surface area contributed by atoms with Crippen LogP contribution in [0.15, 0.2) is 23.4 Å². The summed E-state index contributed by atoms with van der Waals surface area (Å²) in [5.41, 5.74) is 6.26. The summed E-state index contributed by atoms with van der Waals surface area (Å²) < 4.78 is 5.52. The number of rotatable bonds is 7. The molecule has 0 aliphatic rings. The van der Waals surface area contributed by atoms with E-state index in [9.17, 15) is 0 Å². The lowest BCUT2D eigenvalue weighted by molar-refractivity contribution is 0.138. The van der Waals surface area contributed by atoms with Crippen LogP contribution >= 0.6 is 11.8 Å². The van der Waals surface area contributed by atoms with E-state index >= 15 is 0 Å². The summed E-state index contributed by atoms with van der Waals surface area (Å²) in [6.45, 7) is 6.05. The fraction of sp³-hybridized carbons (Fsp3) is 0.583. The molecule has 0 fully saturated rings. The first-order valence-electron chi connectivity index (χ1n) is 5.60.